The van der Waals surface area contributed by atoms with E-state index in [1.165, 1.54) is 0 Å². The molecular formula is C16H18O3S. The molecule has 4 heteroatoms. The van der Waals surface area contributed by atoms with Crippen molar-refractivity contribution in [3.8, 4) is 11.5 Å². The Bertz CT molecular complexity index is 565. The minimum atomic E-state index is 0.126. The largest absolute Gasteiger partial charge is 0.508 e. The maximum atomic E-state index is 9.42. The second kappa shape index (κ2) is 5.44. The molecule has 0 fully saturated rings. The normalized spacial score (nSPS) is 28.3. The van der Waals surface area contributed by atoms with Gasteiger partial charge in [-0.1, -0.05) is 6.08 Å². The monoisotopic (exact) mass is 290 g/mol. The molecule has 3 rings (SSSR count). The van der Waals surface area contributed by atoms with Gasteiger partial charge in [-0.3, -0.25) is 0 Å². The van der Waals surface area contributed by atoms with Crippen LogP contribution in [0, 0.1) is 5.92 Å². The van der Waals surface area contributed by atoms with Crippen LogP contribution < -0.4 is 9.47 Å². The van der Waals surface area contributed by atoms with Crippen molar-refractivity contribution in [3.05, 3.63) is 42.2 Å². The number of thioether (sulfide) groups is 1. The van der Waals surface area contributed by atoms with Crippen LogP contribution in [-0.4, -0.2) is 23.6 Å². The van der Waals surface area contributed by atoms with Gasteiger partial charge in [0, 0.05) is 11.2 Å². The Kier molecular flexibility index (Phi) is 3.66. The van der Waals surface area contributed by atoms with Crippen LogP contribution in [0.3, 0.4) is 0 Å². The van der Waals surface area contributed by atoms with Crippen molar-refractivity contribution >= 4 is 11.8 Å². The highest BCUT2D eigenvalue weighted by Gasteiger charge is 2.33. The summed E-state index contributed by atoms with van der Waals surface area (Å²) in [7, 11) is 1.67. The quantitative estimate of drug-likeness (QED) is 0.895. The van der Waals surface area contributed by atoms with Gasteiger partial charge in [0.25, 0.3) is 0 Å². The summed E-state index contributed by atoms with van der Waals surface area (Å²) < 4.78 is 11.4. The van der Waals surface area contributed by atoms with E-state index >= 15 is 0 Å². The zero-order valence-electron chi connectivity index (χ0n) is 11.6. The van der Waals surface area contributed by atoms with E-state index in [1.807, 2.05) is 42.1 Å². The molecule has 0 saturated carbocycles. The molecule has 1 heterocycles. The number of aliphatic hydroxyl groups excluding tert-OH is 1. The maximum absolute atomic E-state index is 9.42. The third-order valence-electron chi connectivity index (χ3n) is 3.72. The van der Waals surface area contributed by atoms with E-state index < -0.39 is 0 Å². The number of methoxy groups -OCH3 is 1. The van der Waals surface area contributed by atoms with E-state index in [-0.39, 0.29) is 6.10 Å². The highest BCUT2D eigenvalue weighted by molar-refractivity contribution is 8.00. The lowest BCUT2D eigenvalue weighted by Crippen LogP contribution is -2.37. The number of hydrogen-bond donors (Lipinski definition) is 1. The summed E-state index contributed by atoms with van der Waals surface area (Å²) in [6.07, 6.45) is 6.61. The third-order valence-corrected chi connectivity index (χ3v) is 4.94. The molecule has 0 spiro atoms. The van der Waals surface area contributed by atoms with Gasteiger partial charge in [-0.25, -0.2) is 0 Å². The van der Waals surface area contributed by atoms with Gasteiger partial charge >= 0.3 is 0 Å². The second-order valence-corrected chi connectivity index (χ2v) is 6.52. The third kappa shape index (κ3) is 2.52. The van der Waals surface area contributed by atoms with Gasteiger partial charge in [-0.15, -0.1) is 11.8 Å². The number of rotatable bonds is 2. The van der Waals surface area contributed by atoms with Gasteiger partial charge in [0.05, 0.1) is 12.0 Å². The summed E-state index contributed by atoms with van der Waals surface area (Å²) >= 11 is 1.82. The van der Waals surface area contributed by atoms with Gasteiger partial charge in [0.15, 0.2) is 0 Å². The zero-order chi connectivity index (χ0) is 14.1. The van der Waals surface area contributed by atoms with Gasteiger partial charge in [-0.05, 0) is 43.7 Å². The summed E-state index contributed by atoms with van der Waals surface area (Å²) in [5.41, 5.74) is 0. The van der Waals surface area contributed by atoms with Crippen molar-refractivity contribution in [2.24, 2.45) is 5.92 Å². The fraction of sp³-hybridized carbons (Fsp3) is 0.375. The van der Waals surface area contributed by atoms with Crippen molar-refractivity contribution in [1.29, 1.82) is 0 Å². The summed E-state index contributed by atoms with van der Waals surface area (Å²) in [5.74, 6) is 2.44. The first-order chi connectivity index (χ1) is 9.67. The highest BCUT2D eigenvalue weighted by Crippen LogP contribution is 2.44. The topological polar surface area (TPSA) is 38.7 Å². The number of fused-ring (bicyclic) bond motifs is 1. The lowest BCUT2D eigenvalue weighted by atomic mass is 9.92. The molecule has 1 aromatic rings. The average molecular weight is 290 g/mol. The van der Waals surface area contributed by atoms with Gasteiger partial charge < -0.3 is 14.6 Å². The van der Waals surface area contributed by atoms with E-state index in [0.29, 0.717) is 16.9 Å². The number of ether oxygens (including phenoxy) is 2. The van der Waals surface area contributed by atoms with Crippen LogP contribution in [0.1, 0.15) is 13.3 Å². The molecule has 0 bridgehead atoms. The predicted octanol–water partition coefficient (Wildman–Crippen LogP) is 3.95. The van der Waals surface area contributed by atoms with Crippen LogP contribution in [0.15, 0.2) is 47.1 Å². The first kappa shape index (κ1) is 13.4. The van der Waals surface area contributed by atoms with Crippen molar-refractivity contribution in [1.82, 2.24) is 0 Å². The SMILES string of the molecule is COc1ccc2c(c1)S[C@@H](C)[C@H](C1C=CC(O)=CC1)O2. The maximum Gasteiger partial charge on any atom is 0.133 e. The number of hydrogen-bond acceptors (Lipinski definition) is 4. The van der Waals surface area contributed by atoms with Crippen molar-refractivity contribution in [2.75, 3.05) is 7.11 Å². The molecule has 3 nitrogen and oxygen atoms in total. The second-order valence-electron chi connectivity index (χ2n) is 5.11. The van der Waals surface area contributed by atoms with Gasteiger partial charge in [0.2, 0.25) is 0 Å². The van der Waals surface area contributed by atoms with Gasteiger partial charge in [-0.2, -0.15) is 0 Å². The Morgan fingerprint density at radius 3 is 2.95 bits per heavy atom. The Morgan fingerprint density at radius 1 is 1.40 bits per heavy atom. The molecule has 0 aromatic heterocycles. The van der Waals surface area contributed by atoms with E-state index in [2.05, 4.69) is 6.92 Å². The highest BCUT2D eigenvalue weighted by atomic mass is 32.2. The molecule has 1 aliphatic carbocycles. The van der Waals surface area contributed by atoms with Crippen LogP contribution >= 0.6 is 11.8 Å². The summed E-state index contributed by atoms with van der Waals surface area (Å²) in [6.45, 7) is 2.18. The van der Waals surface area contributed by atoms with Gasteiger partial charge in [0.1, 0.15) is 23.4 Å². The van der Waals surface area contributed by atoms with Crippen LogP contribution in [-0.2, 0) is 0 Å². The summed E-state index contributed by atoms with van der Waals surface area (Å²) in [4.78, 5) is 1.13. The molecule has 1 aromatic carbocycles. The van der Waals surface area contributed by atoms with E-state index in [0.717, 1.165) is 22.8 Å². The molecule has 2 aliphatic rings. The fourth-order valence-corrected chi connectivity index (χ4v) is 3.83. The molecule has 106 valence electrons. The first-order valence-electron chi connectivity index (χ1n) is 6.76. The standard InChI is InChI=1S/C16H18O3S/c1-10-16(11-3-5-12(17)6-4-11)19-14-8-7-13(18-2)9-15(14)20-10/h3,5-11,16-17H,4H2,1-2H3/t10-,11?,16+/m0/s1. The molecule has 20 heavy (non-hydrogen) atoms. The molecule has 0 amide bonds. The molecule has 3 atom stereocenters. The minimum Gasteiger partial charge on any atom is -0.508 e. The number of allylic oxidation sites excluding steroid dienone is 2. The minimum absolute atomic E-state index is 0.126. The Morgan fingerprint density at radius 2 is 2.25 bits per heavy atom. The summed E-state index contributed by atoms with van der Waals surface area (Å²) in [6, 6.07) is 5.92. The van der Waals surface area contributed by atoms with Crippen LogP contribution in [0.5, 0.6) is 11.5 Å². The smallest absolute Gasteiger partial charge is 0.133 e. The van der Waals surface area contributed by atoms with E-state index in [4.69, 9.17) is 9.47 Å². The number of benzene rings is 1. The number of aliphatic hydroxyl groups is 1. The molecule has 0 radical (unpaired) electrons. The fourth-order valence-electron chi connectivity index (χ4n) is 2.62. The van der Waals surface area contributed by atoms with E-state index in [9.17, 15) is 5.11 Å². The van der Waals surface area contributed by atoms with Crippen molar-refractivity contribution in [2.45, 2.75) is 29.6 Å². The molecule has 1 aliphatic heterocycles. The molecule has 1 N–H and O–H groups in total. The lowest BCUT2D eigenvalue weighted by Gasteiger charge is -2.35. The summed E-state index contributed by atoms with van der Waals surface area (Å²) in [5, 5.41) is 9.78. The Labute approximate surface area is 123 Å². The van der Waals surface area contributed by atoms with Crippen LogP contribution in [0.25, 0.3) is 0 Å². The first-order valence-corrected chi connectivity index (χ1v) is 7.64. The van der Waals surface area contributed by atoms with Crippen LogP contribution in [0.4, 0.5) is 0 Å². The Balaban J connectivity index is 1.81. The zero-order valence-corrected chi connectivity index (χ0v) is 12.4. The molecule has 0 saturated heterocycles. The molecule has 1 unspecified atom stereocenters. The van der Waals surface area contributed by atoms with Crippen molar-refractivity contribution < 1.29 is 14.6 Å². The lowest BCUT2D eigenvalue weighted by molar-refractivity contribution is 0.147. The predicted molar refractivity (Wildman–Crippen MR) is 80.7 cm³/mol. The van der Waals surface area contributed by atoms with Crippen LogP contribution in [0.2, 0.25) is 0 Å². The average Bonchev–Trinajstić information content (AvgIpc) is 2.47. The Hall–Kier alpha value is -1.55. The van der Waals surface area contributed by atoms with E-state index in [1.54, 1.807) is 13.2 Å². The van der Waals surface area contributed by atoms with Crippen molar-refractivity contribution in [3.63, 3.8) is 0 Å². The molecular weight excluding hydrogens is 272 g/mol.